The van der Waals surface area contributed by atoms with Crippen LogP contribution in [0.1, 0.15) is 19.4 Å². The molecule has 0 N–H and O–H groups in total. The van der Waals surface area contributed by atoms with Crippen molar-refractivity contribution in [3.63, 3.8) is 0 Å². The number of aromatic nitrogens is 1. The van der Waals surface area contributed by atoms with E-state index in [2.05, 4.69) is 9.30 Å². The van der Waals surface area contributed by atoms with Gasteiger partial charge in [-0.1, -0.05) is 18.2 Å². The molecule has 2 aromatic rings. The standard InChI is InChI=1S/C18H18N2O4S/c1-4-19-10-12(13-7-5-6-8-14(13)19)9-15-16(21)20(18(23)25-15)11(2)17(22)24-3/h5-11H,4H2,1-3H3/b15-9-/t11-/m1/s1. The number of para-hydroxylation sites is 1. The highest BCUT2D eigenvalue weighted by atomic mass is 32.2. The van der Waals surface area contributed by atoms with Gasteiger partial charge in [0.15, 0.2) is 0 Å². The van der Waals surface area contributed by atoms with Crippen LogP contribution < -0.4 is 0 Å². The molecule has 6 nitrogen and oxygen atoms in total. The lowest BCUT2D eigenvalue weighted by Gasteiger charge is -2.18. The summed E-state index contributed by atoms with van der Waals surface area (Å²) < 4.78 is 6.72. The smallest absolute Gasteiger partial charge is 0.328 e. The summed E-state index contributed by atoms with van der Waals surface area (Å²) in [4.78, 5) is 37.7. The first-order valence-corrected chi connectivity index (χ1v) is 8.72. The highest BCUT2D eigenvalue weighted by Crippen LogP contribution is 2.35. The summed E-state index contributed by atoms with van der Waals surface area (Å²) >= 11 is 0.840. The van der Waals surface area contributed by atoms with Crippen LogP contribution in [0.25, 0.3) is 17.0 Å². The van der Waals surface area contributed by atoms with Gasteiger partial charge in [0.25, 0.3) is 11.1 Å². The van der Waals surface area contributed by atoms with Gasteiger partial charge in [0, 0.05) is 29.2 Å². The van der Waals surface area contributed by atoms with E-state index < -0.39 is 23.2 Å². The molecule has 3 rings (SSSR count). The van der Waals surface area contributed by atoms with Crippen molar-refractivity contribution in [3.05, 3.63) is 40.9 Å². The number of ether oxygens (including phenoxy) is 1. The van der Waals surface area contributed by atoms with Crippen molar-refractivity contribution in [1.82, 2.24) is 9.47 Å². The highest BCUT2D eigenvalue weighted by Gasteiger charge is 2.41. The van der Waals surface area contributed by atoms with Gasteiger partial charge in [-0.2, -0.15) is 0 Å². The Kier molecular flexibility index (Phi) is 4.67. The SMILES string of the molecule is CCn1cc(/C=C2\SC(=O)N([C@H](C)C(=O)OC)C2=O)c2ccccc21. The molecule has 1 aromatic heterocycles. The Morgan fingerprint density at radius 2 is 2.04 bits per heavy atom. The molecular weight excluding hydrogens is 340 g/mol. The van der Waals surface area contributed by atoms with Gasteiger partial charge in [-0.05, 0) is 37.8 Å². The molecule has 130 valence electrons. The lowest BCUT2D eigenvalue weighted by Crippen LogP contribution is -2.42. The van der Waals surface area contributed by atoms with Gasteiger partial charge in [0.1, 0.15) is 6.04 Å². The molecule has 0 spiro atoms. The second-order valence-electron chi connectivity index (χ2n) is 5.64. The van der Waals surface area contributed by atoms with Gasteiger partial charge in [-0.3, -0.25) is 14.5 Å². The number of carbonyl (C=O) groups excluding carboxylic acids is 3. The van der Waals surface area contributed by atoms with E-state index in [-0.39, 0.29) is 0 Å². The average Bonchev–Trinajstić information content (AvgIpc) is 3.11. The van der Waals surface area contributed by atoms with Crippen LogP contribution in [-0.2, 0) is 20.9 Å². The molecule has 25 heavy (non-hydrogen) atoms. The molecular formula is C18H18N2O4S. The maximum absolute atomic E-state index is 12.6. The topological polar surface area (TPSA) is 68.6 Å². The fraction of sp³-hybridized carbons (Fsp3) is 0.278. The summed E-state index contributed by atoms with van der Waals surface area (Å²) in [7, 11) is 1.23. The largest absolute Gasteiger partial charge is 0.467 e. The van der Waals surface area contributed by atoms with Gasteiger partial charge in [0.05, 0.1) is 12.0 Å². The predicted molar refractivity (Wildman–Crippen MR) is 96.9 cm³/mol. The number of amides is 2. The number of thioether (sulfide) groups is 1. The zero-order valence-electron chi connectivity index (χ0n) is 14.2. The van der Waals surface area contributed by atoms with E-state index in [0.717, 1.165) is 39.7 Å². The molecule has 1 aliphatic heterocycles. The second-order valence-corrected chi connectivity index (χ2v) is 6.63. The second kappa shape index (κ2) is 6.76. The maximum atomic E-state index is 12.6. The fourth-order valence-corrected chi connectivity index (χ4v) is 3.78. The van der Waals surface area contributed by atoms with Crippen molar-refractivity contribution in [1.29, 1.82) is 0 Å². The number of carbonyl (C=O) groups is 3. The van der Waals surface area contributed by atoms with Crippen LogP contribution in [0.2, 0.25) is 0 Å². The number of hydrogen-bond acceptors (Lipinski definition) is 5. The van der Waals surface area contributed by atoms with Gasteiger partial charge in [-0.25, -0.2) is 4.79 Å². The van der Waals surface area contributed by atoms with Crippen molar-refractivity contribution in [2.24, 2.45) is 0 Å². The zero-order chi connectivity index (χ0) is 18.1. The van der Waals surface area contributed by atoms with Crippen LogP contribution in [0.15, 0.2) is 35.4 Å². The molecule has 1 aliphatic rings. The zero-order valence-corrected chi connectivity index (χ0v) is 15.0. The lowest BCUT2D eigenvalue weighted by molar-refractivity contribution is -0.148. The van der Waals surface area contributed by atoms with Crippen LogP contribution in [-0.4, -0.2) is 39.7 Å². The molecule has 0 radical (unpaired) electrons. The number of imide groups is 1. The lowest BCUT2D eigenvalue weighted by atomic mass is 10.1. The van der Waals surface area contributed by atoms with Gasteiger partial charge in [0.2, 0.25) is 0 Å². The van der Waals surface area contributed by atoms with E-state index in [4.69, 9.17) is 0 Å². The Morgan fingerprint density at radius 1 is 1.32 bits per heavy atom. The number of methoxy groups -OCH3 is 1. The molecule has 2 amide bonds. The first-order valence-electron chi connectivity index (χ1n) is 7.90. The van der Waals surface area contributed by atoms with Crippen LogP contribution in [0.4, 0.5) is 4.79 Å². The van der Waals surface area contributed by atoms with E-state index in [1.807, 2.05) is 37.4 Å². The quantitative estimate of drug-likeness (QED) is 0.620. The summed E-state index contributed by atoms with van der Waals surface area (Å²) in [5, 5.41) is 0.547. The first kappa shape index (κ1) is 17.3. The van der Waals surface area contributed by atoms with E-state index >= 15 is 0 Å². The highest BCUT2D eigenvalue weighted by molar-refractivity contribution is 8.18. The van der Waals surface area contributed by atoms with E-state index in [1.54, 1.807) is 6.08 Å². The molecule has 1 saturated heterocycles. The van der Waals surface area contributed by atoms with E-state index in [9.17, 15) is 14.4 Å². The van der Waals surface area contributed by atoms with E-state index in [0.29, 0.717) is 4.91 Å². The van der Waals surface area contributed by atoms with Crippen LogP contribution in [0.5, 0.6) is 0 Å². The Morgan fingerprint density at radius 3 is 2.72 bits per heavy atom. The van der Waals surface area contributed by atoms with Crippen LogP contribution in [0, 0.1) is 0 Å². The fourth-order valence-electron chi connectivity index (χ4n) is 2.88. The molecule has 2 heterocycles. The molecule has 1 aromatic carbocycles. The third-order valence-electron chi connectivity index (χ3n) is 4.20. The Balaban J connectivity index is 1.99. The number of rotatable bonds is 4. The van der Waals surface area contributed by atoms with Crippen molar-refractivity contribution < 1.29 is 19.1 Å². The van der Waals surface area contributed by atoms with Gasteiger partial charge >= 0.3 is 5.97 Å². The van der Waals surface area contributed by atoms with Crippen LogP contribution in [0.3, 0.4) is 0 Å². The average molecular weight is 358 g/mol. The third-order valence-corrected chi connectivity index (χ3v) is 5.08. The molecule has 1 atom stereocenters. The summed E-state index contributed by atoms with van der Waals surface area (Å²) in [6, 6.07) is 6.95. The number of benzene rings is 1. The summed E-state index contributed by atoms with van der Waals surface area (Å²) in [5.74, 6) is -1.09. The first-order chi connectivity index (χ1) is 12.0. The van der Waals surface area contributed by atoms with Crippen molar-refractivity contribution in [3.8, 4) is 0 Å². The number of aryl methyl sites for hydroxylation is 1. The van der Waals surface area contributed by atoms with E-state index in [1.165, 1.54) is 14.0 Å². The monoisotopic (exact) mass is 358 g/mol. The maximum Gasteiger partial charge on any atom is 0.328 e. The molecule has 1 fully saturated rings. The van der Waals surface area contributed by atoms with Gasteiger partial charge in [-0.15, -0.1) is 0 Å². The molecule has 0 saturated carbocycles. The summed E-state index contributed by atoms with van der Waals surface area (Å²) in [5.41, 5.74) is 1.94. The Labute approximate surface area is 149 Å². The summed E-state index contributed by atoms with van der Waals surface area (Å²) in [6.07, 6.45) is 3.67. The molecule has 0 bridgehead atoms. The predicted octanol–water partition coefficient (Wildman–Crippen LogP) is 3.26. The molecule has 7 heteroatoms. The normalized spacial score (nSPS) is 17.6. The molecule has 0 unspecified atom stereocenters. The summed E-state index contributed by atoms with van der Waals surface area (Å²) in [6.45, 7) is 4.32. The van der Waals surface area contributed by atoms with Crippen molar-refractivity contribution >= 4 is 45.9 Å². The van der Waals surface area contributed by atoms with Gasteiger partial charge < -0.3 is 9.30 Å². The minimum absolute atomic E-state index is 0.305. The Bertz CT molecular complexity index is 900. The van der Waals surface area contributed by atoms with Crippen LogP contribution >= 0.6 is 11.8 Å². The van der Waals surface area contributed by atoms with Crippen molar-refractivity contribution in [2.45, 2.75) is 26.4 Å². The third kappa shape index (κ3) is 2.95. The van der Waals surface area contributed by atoms with Crippen molar-refractivity contribution in [2.75, 3.05) is 7.11 Å². The Hall–Kier alpha value is -2.54. The minimum Gasteiger partial charge on any atom is -0.467 e. The number of hydrogen-bond donors (Lipinski definition) is 0. The number of fused-ring (bicyclic) bond motifs is 1. The number of esters is 1. The minimum atomic E-state index is -0.944. The molecule has 0 aliphatic carbocycles. The number of nitrogens with zero attached hydrogens (tertiary/aromatic N) is 2.